The molecular formula is C18H24N2O2. The van der Waals surface area contributed by atoms with E-state index in [1.807, 2.05) is 41.0 Å². The van der Waals surface area contributed by atoms with E-state index in [0.717, 1.165) is 43.5 Å². The van der Waals surface area contributed by atoms with Crippen LogP contribution in [-0.4, -0.2) is 47.8 Å². The fraction of sp³-hybridized carbons (Fsp3) is 0.556. The topological polar surface area (TPSA) is 40.6 Å². The molecule has 2 aliphatic rings. The number of rotatable bonds is 2. The molecule has 1 aliphatic carbocycles. The molecule has 0 unspecified atom stereocenters. The van der Waals surface area contributed by atoms with Crippen molar-refractivity contribution in [3.8, 4) is 0 Å². The van der Waals surface area contributed by atoms with Crippen molar-refractivity contribution in [2.24, 2.45) is 5.92 Å². The van der Waals surface area contributed by atoms with Gasteiger partial charge in [0.05, 0.1) is 0 Å². The molecule has 22 heavy (non-hydrogen) atoms. The van der Waals surface area contributed by atoms with Gasteiger partial charge in [-0.1, -0.05) is 24.1 Å². The number of hydrogen-bond acceptors (Lipinski definition) is 2. The quantitative estimate of drug-likeness (QED) is 0.842. The first-order valence-electron chi connectivity index (χ1n) is 8.30. The first kappa shape index (κ1) is 15.1. The molecule has 1 heterocycles. The summed E-state index contributed by atoms with van der Waals surface area (Å²) in [7, 11) is 0. The van der Waals surface area contributed by atoms with Gasteiger partial charge in [0.15, 0.2) is 0 Å². The van der Waals surface area contributed by atoms with Crippen LogP contribution in [0, 0.1) is 12.8 Å². The summed E-state index contributed by atoms with van der Waals surface area (Å²) in [5.41, 5.74) is 1.85. The Morgan fingerprint density at radius 3 is 2.41 bits per heavy atom. The Hall–Kier alpha value is -1.84. The summed E-state index contributed by atoms with van der Waals surface area (Å²) in [6.07, 6.45) is 4.14. The highest BCUT2D eigenvalue weighted by Gasteiger charge is 2.31. The van der Waals surface area contributed by atoms with Gasteiger partial charge in [-0.25, -0.2) is 0 Å². The van der Waals surface area contributed by atoms with Crippen LogP contribution in [0.3, 0.4) is 0 Å². The van der Waals surface area contributed by atoms with E-state index in [4.69, 9.17) is 0 Å². The van der Waals surface area contributed by atoms with Gasteiger partial charge in [-0.15, -0.1) is 0 Å². The summed E-state index contributed by atoms with van der Waals surface area (Å²) in [6, 6.07) is 7.73. The molecule has 1 aromatic rings. The zero-order valence-corrected chi connectivity index (χ0v) is 13.3. The summed E-state index contributed by atoms with van der Waals surface area (Å²) in [5.74, 6) is 0.636. The molecule has 4 heteroatoms. The van der Waals surface area contributed by atoms with E-state index >= 15 is 0 Å². The fourth-order valence-electron chi connectivity index (χ4n) is 3.22. The Kier molecular flexibility index (Phi) is 4.46. The minimum absolute atomic E-state index is 0.0849. The van der Waals surface area contributed by atoms with Crippen molar-refractivity contribution in [3.63, 3.8) is 0 Å². The van der Waals surface area contributed by atoms with Crippen molar-refractivity contribution >= 4 is 11.8 Å². The number of hydrogen-bond donors (Lipinski definition) is 0. The van der Waals surface area contributed by atoms with Gasteiger partial charge < -0.3 is 9.80 Å². The Morgan fingerprint density at radius 2 is 1.73 bits per heavy atom. The molecule has 0 radical (unpaired) electrons. The first-order chi connectivity index (χ1) is 10.6. The van der Waals surface area contributed by atoms with Crippen LogP contribution in [0.4, 0.5) is 0 Å². The largest absolute Gasteiger partial charge is 0.341 e. The van der Waals surface area contributed by atoms with Gasteiger partial charge in [0.1, 0.15) is 0 Å². The van der Waals surface area contributed by atoms with Crippen LogP contribution in [-0.2, 0) is 4.79 Å². The summed E-state index contributed by atoms with van der Waals surface area (Å²) in [4.78, 5) is 28.8. The monoisotopic (exact) mass is 300 g/mol. The fourth-order valence-corrected chi connectivity index (χ4v) is 3.22. The third-order valence-corrected chi connectivity index (χ3v) is 4.81. The molecule has 0 N–H and O–H groups in total. The lowest BCUT2D eigenvalue weighted by molar-refractivity contribution is -0.138. The van der Waals surface area contributed by atoms with E-state index in [2.05, 4.69) is 0 Å². The summed E-state index contributed by atoms with van der Waals surface area (Å²) in [6.45, 7) is 4.84. The highest BCUT2D eigenvalue weighted by Crippen LogP contribution is 2.28. The molecule has 0 atom stereocenters. The maximum absolute atomic E-state index is 12.6. The number of carbonyl (C=O) groups excluding carboxylic acids is 2. The van der Waals surface area contributed by atoms with Gasteiger partial charge in [0, 0.05) is 37.7 Å². The van der Waals surface area contributed by atoms with Crippen molar-refractivity contribution in [1.29, 1.82) is 0 Å². The van der Waals surface area contributed by atoms with Crippen LogP contribution in [0.25, 0.3) is 0 Å². The molecule has 0 aromatic heterocycles. The number of carbonyl (C=O) groups is 2. The van der Waals surface area contributed by atoms with Crippen molar-refractivity contribution in [1.82, 2.24) is 9.80 Å². The minimum atomic E-state index is 0.0849. The maximum Gasteiger partial charge on any atom is 0.253 e. The first-order valence-corrected chi connectivity index (χ1v) is 8.30. The Morgan fingerprint density at radius 1 is 1.00 bits per heavy atom. The SMILES string of the molecule is Cc1cccc(C(=O)N2CCCN(C(=O)C3CCC3)CC2)c1. The Bertz CT molecular complexity index is 566. The molecule has 1 aromatic carbocycles. The summed E-state index contributed by atoms with van der Waals surface area (Å²) >= 11 is 0. The van der Waals surface area contributed by atoms with Gasteiger partial charge in [0.2, 0.25) is 5.91 Å². The molecule has 4 nitrogen and oxygen atoms in total. The van der Waals surface area contributed by atoms with Crippen LogP contribution in [0.2, 0.25) is 0 Å². The van der Waals surface area contributed by atoms with Gasteiger partial charge in [-0.3, -0.25) is 9.59 Å². The normalized spacial score (nSPS) is 19.5. The highest BCUT2D eigenvalue weighted by molar-refractivity contribution is 5.94. The van der Waals surface area contributed by atoms with Gasteiger partial charge >= 0.3 is 0 Å². The van der Waals surface area contributed by atoms with E-state index in [1.165, 1.54) is 6.42 Å². The third kappa shape index (κ3) is 3.16. The zero-order valence-electron chi connectivity index (χ0n) is 13.3. The smallest absolute Gasteiger partial charge is 0.253 e. The molecule has 2 fully saturated rings. The second-order valence-corrected chi connectivity index (χ2v) is 6.47. The standard InChI is InChI=1S/C18H24N2O2/c1-14-5-2-8-16(13-14)18(22)20-10-4-9-19(11-12-20)17(21)15-6-3-7-15/h2,5,8,13,15H,3-4,6-7,9-12H2,1H3. The molecule has 0 spiro atoms. The predicted octanol–water partition coefficient (Wildman–Crippen LogP) is 2.47. The molecule has 2 amide bonds. The van der Waals surface area contributed by atoms with E-state index in [9.17, 15) is 9.59 Å². The molecule has 118 valence electrons. The van der Waals surface area contributed by atoms with Gasteiger partial charge in [-0.05, 0) is 38.3 Å². The van der Waals surface area contributed by atoms with E-state index in [-0.39, 0.29) is 11.8 Å². The van der Waals surface area contributed by atoms with Crippen LogP contribution in [0.15, 0.2) is 24.3 Å². The number of nitrogens with zero attached hydrogens (tertiary/aromatic N) is 2. The van der Waals surface area contributed by atoms with Crippen molar-refractivity contribution < 1.29 is 9.59 Å². The molecule has 0 bridgehead atoms. The summed E-state index contributed by atoms with van der Waals surface area (Å²) in [5, 5.41) is 0. The molecule has 1 saturated heterocycles. The van der Waals surface area contributed by atoms with E-state index < -0.39 is 0 Å². The van der Waals surface area contributed by atoms with Crippen molar-refractivity contribution in [3.05, 3.63) is 35.4 Å². The van der Waals surface area contributed by atoms with E-state index in [1.54, 1.807) is 0 Å². The van der Waals surface area contributed by atoms with Gasteiger partial charge in [0.25, 0.3) is 5.91 Å². The van der Waals surface area contributed by atoms with Crippen molar-refractivity contribution in [2.45, 2.75) is 32.6 Å². The lowest BCUT2D eigenvalue weighted by atomic mass is 9.84. The number of amides is 2. The lowest BCUT2D eigenvalue weighted by Crippen LogP contribution is -2.41. The minimum Gasteiger partial charge on any atom is -0.341 e. The van der Waals surface area contributed by atoms with Gasteiger partial charge in [-0.2, -0.15) is 0 Å². The third-order valence-electron chi connectivity index (χ3n) is 4.81. The lowest BCUT2D eigenvalue weighted by Gasteiger charge is -2.31. The molecule has 3 rings (SSSR count). The highest BCUT2D eigenvalue weighted by atomic mass is 16.2. The molecular weight excluding hydrogens is 276 g/mol. The average molecular weight is 300 g/mol. The predicted molar refractivity (Wildman–Crippen MR) is 85.6 cm³/mol. The second kappa shape index (κ2) is 6.51. The Balaban J connectivity index is 1.62. The number of benzene rings is 1. The van der Waals surface area contributed by atoms with E-state index in [0.29, 0.717) is 19.0 Å². The molecule has 1 saturated carbocycles. The van der Waals surface area contributed by atoms with Crippen LogP contribution >= 0.6 is 0 Å². The van der Waals surface area contributed by atoms with Crippen LogP contribution in [0.1, 0.15) is 41.6 Å². The van der Waals surface area contributed by atoms with Crippen LogP contribution < -0.4 is 0 Å². The number of aryl methyl sites for hydroxylation is 1. The van der Waals surface area contributed by atoms with Crippen molar-refractivity contribution in [2.75, 3.05) is 26.2 Å². The van der Waals surface area contributed by atoms with Crippen LogP contribution in [0.5, 0.6) is 0 Å². The second-order valence-electron chi connectivity index (χ2n) is 6.47. The average Bonchev–Trinajstić information content (AvgIpc) is 2.70. The molecule has 1 aliphatic heterocycles. The Labute approximate surface area is 132 Å². The summed E-state index contributed by atoms with van der Waals surface area (Å²) < 4.78 is 0. The zero-order chi connectivity index (χ0) is 15.5. The maximum atomic E-state index is 12.6.